The Kier molecular flexibility index (Phi) is 6.79. The Morgan fingerprint density at radius 1 is 1.00 bits per heavy atom. The number of imide groups is 2. The lowest BCUT2D eigenvalue weighted by atomic mass is 10.1. The molecule has 0 aliphatic carbocycles. The van der Waals surface area contributed by atoms with Crippen molar-refractivity contribution in [1.82, 2.24) is 5.32 Å². The van der Waals surface area contributed by atoms with Crippen LogP contribution in [0.25, 0.3) is 6.08 Å². The molecule has 3 aromatic rings. The van der Waals surface area contributed by atoms with Gasteiger partial charge in [-0.1, -0.05) is 41.9 Å². The first kappa shape index (κ1) is 24.6. The number of carbonyl (C=O) groups is 3. The zero-order valence-electron chi connectivity index (χ0n) is 18.0. The van der Waals surface area contributed by atoms with Crippen molar-refractivity contribution in [3.63, 3.8) is 0 Å². The van der Waals surface area contributed by atoms with E-state index in [4.69, 9.17) is 15.8 Å². The monoisotopic (exact) mass is 574 g/mol. The average Bonchev–Trinajstić information content (AvgIpc) is 2.81. The van der Waals surface area contributed by atoms with Crippen LogP contribution in [0.2, 0.25) is 5.02 Å². The normalized spacial score (nSPS) is 15.3. The van der Waals surface area contributed by atoms with Gasteiger partial charge >= 0.3 is 16.1 Å². The van der Waals surface area contributed by atoms with E-state index in [0.717, 1.165) is 10.5 Å². The van der Waals surface area contributed by atoms with Gasteiger partial charge in [0.1, 0.15) is 10.5 Å². The number of amides is 4. The summed E-state index contributed by atoms with van der Waals surface area (Å²) in [5.74, 6) is -1.68. The number of urea groups is 1. The van der Waals surface area contributed by atoms with Crippen molar-refractivity contribution in [2.45, 2.75) is 11.8 Å². The van der Waals surface area contributed by atoms with Gasteiger partial charge in [0, 0.05) is 5.02 Å². The van der Waals surface area contributed by atoms with E-state index in [1.54, 1.807) is 37.3 Å². The van der Waals surface area contributed by atoms with Gasteiger partial charge in [-0.3, -0.25) is 14.9 Å². The number of hydrogen-bond acceptors (Lipinski definition) is 6. The summed E-state index contributed by atoms with van der Waals surface area (Å²) < 4.78 is 30.5. The molecule has 4 rings (SSSR count). The summed E-state index contributed by atoms with van der Waals surface area (Å²) >= 11 is 9.39. The summed E-state index contributed by atoms with van der Waals surface area (Å²) in [4.78, 5) is 38.7. The maximum Gasteiger partial charge on any atom is 0.339 e. The van der Waals surface area contributed by atoms with Crippen molar-refractivity contribution in [1.29, 1.82) is 0 Å². The van der Waals surface area contributed by atoms with E-state index < -0.39 is 28.0 Å². The summed E-state index contributed by atoms with van der Waals surface area (Å²) in [5.41, 5.74) is 1.06. The number of aryl methyl sites for hydroxylation is 1. The molecule has 3 aromatic carbocycles. The molecule has 4 amide bonds. The number of rotatable bonds is 5. The highest BCUT2D eigenvalue weighted by molar-refractivity contribution is 9.10. The molecule has 178 valence electrons. The second kappa shape index (κ2) is 9.65. The topological polar surface area (TPSA) is 110 Å². The molecule has 0 radical (unpaired) electrons. The van der Waals surface area contributed by atoms with Gasteiger partial charge in [-0.05, 0) is 76.5 Å². The summed E-state index contributed by atoms with van der Waals surface area (Å²) in [7, 11) is -4.06. The molecule has 0 saturated carbocycles. The van der Waals surface area contributed by atoms with Crippen LogP contribution >= 0.6 is 27.5 Å². The van der Waals surface area contributed by atoms with Crippen LogP contribution in [0.5, 0.6) is 5.75 Å². The Balaban J connectivity index is 1.63. The van der Waals surface area contributed by atoms with Crippen molar-refractivity contribution < 1.29 is 27.0 Å². The van der Waals surface area contributed by atoms with Crippen LogP contribution in [0.1, 0.15) is 11.1 Å². The third kappa shape index (κ3) is 5.14. The Hall–Kier alpha value is -3.47. The lowest BCUT2D eigenvalue weighted by molar-refractivity contribution is -0.122. The van der Waals surface area contributed by atoms with Crippen LogP contribution in [0.3, 0.4) is 0 Å². The van der Waals surface area contributed by atoms with Crippen LogP contribution < -0.4 is 14.4 Å². The van der Waals surface area contributed by atoms with Gasteiger partial charge < -0.3 is 4.18 Å². The SMILES string of the molecule is Cc1ccc(N2C(=O)NC(=O)/C(=C\c3ccc(OS(=O)(=O)c4ccccc4)c(Br)c3)C2=O)cc1Cl. The number of carbonyl (C=O) groups excluding carboxylic acids is 3. The van der Waals surface area contributed by atoms with Gasteiger partial charge in [0.2, 0.25) is 0 Å². The molecule has 35 heavy (non-hydrogen) atoms. The highest BCUT2D eigenvalue weighted by atomic mass is 79.9. The van der Waals surface area contributed by atoms with E-state index in [-0.39, 0.29) is 26.4 Å². The van der Waals surface area contributed by atoms with Crippen molar-refractivity contribution in [3.05, 3.63) is 92.9 Å². The fourth-order valence-electron chi connectivity index (χ4n) is 3.21. The molecule has 8 nitrogen and oxygen atoms in total. The van der Waals surface area contributed by atoms with Gasteiger partial charge in [-0.15, -0.1) is 0 Å². The predicted molar refractivity (Wildman–Crippen MR) is 134 cm³/mol. The molecule has 1 aliphatic rings. The lowest BCUT2D eigenvalue weighted by Crippen LogP contribution is -2.54. The Bertz CT molecular complexity index is 1510. The summed E-state index contributed by atoms with van der Waals surface area (Å²) in [6, 6.07) is 15.7. The van der Waals surface area contributed by atoms with Gasteiger partial charge in [-0.25, -0.2) is 9.69 Å². The summed E-state index contributed by atoms with van der Waals surface area (Å²) in [6.07, 6.45) is 1.28. The van der Waals surface area contributed by atoms with Crippen LogP contribution in [-0.2, 0) is 19.7 Å². The van der Waals surface area contributed by atoms with E-state index in [0.29, 0.717) is 10.6 Å². The highest BCUT2D eigenvalue weighted by Crippen LogP contribution is 2.31. The van der Waals surface area contributed by atoms with Crippen LogP contribution in [0, 0.1) is 6.92 Å². The van der Waals surface area contributed by atoms with Gasteiger partial charge in [0.25, 0.3) is 11.8 Å². The zero-order chi connectivity index (χ0) is 25.3. The van der Waals surface area contributed by atoms with E-state index in [9.17, 15) is 22.8 Å². The molecule has 1 N–H and O–H groups in total. The highest BCUT2D eigenvalue weighted by Gasteiger charge is 2.37. The molecule has 0 aromatic heterocycles. The number of hydrogen-bond donors (Lipinski definition) is 1. The minimum atomic E-state index is -4.06. The van der Waals surface area contributed by atoms with E-state index >= 15 is 0 Å². The third-order valence-electron chi connectivity index (χ3n) is 5.01. The number of nitrogens with zero attached hydrogens (tertiary/aromatic N) is 1. The second-order valence-electron chi connectivity index (χ2n) is 7.43. The Morgan fingerprint density at radius 3 is 2.37 bits per heavy atom. The first-order chi connectivity index (χ1) is 16.6. The quantitative estimate of drug-likeness (QED) is 0.265. The maximum atomic E-state index is 13.1. The minimum absolute atomic E-state index is 0.0106. The second-order valence-corrected chi connectivity index (χ2v) is 10.2. The predicted octanol–water partition coefficient (Wildman–Crippen LogP) is 4.85. The van der Waals surface area contributed by atoms with Crippen LogP contribution in [-0.4, -0.2) is 26.3 Å². The van der Waals surface area contributed by atoms with Gasteiger partial charge in [0.05, 0.1) is 10.2 Å². The van der Waals surface area contributed by atoms with Crippen molar-refractivity contribution >= 4 is 67.3 Å². The molecule has 0 bridgehead atoms. The third-order valence-corrected chi connectivity index (χ3v) is 7.29. The molecule has 11 heteroatoms. The van der Waals surface area contributed by atoms with Crippen molar-refractivity contribution in [2.24, 2.45) is 0 Å². The van der Waals surface area contributed by atoms with Crippen LogP contribution in [0.15, 0.2) is 81.7 Å². The smallest absolute Gasteiger partial charge is 0.339 e. The number of nitrogens with one attached hydrogen (secondary N) is 1. The fourth-order valence-corrected chi connectivity index (χ4v) is 4.94. The largest absolute Gasteiger partial charge is 0.378 e. The number of halogens is 2. The number of anilines is 1. The number of barbiturate groups is 1. The molecule has 0 spiro atoms. The van der Waals surface area contributed by atoms with Crippen molar-refractivity contribution in [3.8, 4) is 5.75 Å². The molecule has 1 fully saturated rings. The van der Waals surface area contributed by atoms with Crippen molar-refractivity contribution in [2.75, 3.05) is 4.90 Å². The lowest BCUT2D eigenvalue weighted by Gasteiger charge is -2.26. The molecule has 1 aliphatic heterocycles. The maximum absolute atomic E-state index is 13.1. The van der Waals surface area contributed by atoms with Gasteiger partial charge in [-0.2, -0.15) is 8.42 Å². The minimum Gasteiger partial charge on any atom is -0.378 e. The standard InChI is InChI=1S/C24H16BrClN2O6S/c1-14-7-9-16(13-20(14)26)28-23(30)18(22(29)27-24(28)31)11-15-8-10-21(19(25)12-15)34-35(32,33)17-5-3-2-4-6-17/h2-13H,1H3,(H,27,29,31)/b18-11+. The average molecular weight is 576 g/mol. The Morgan fingerprint density at radius 2 is 1.71 bits per heavy atom. The first-order valence-electron chi connectivity index (χ1n) is 10.0. The van der Waals surface area contributed by atoms with Crippen LogP contribution in [0.4, 0.5) is 10.5 Å². The molecule has 0 unspecified atom stereocenters. The first-order valence-corrected chi connectivity index (χ1v) is 12.6. The Labute approximate surface area is 214 Å². The molecule has 1 saturated heterocycles. The molecular weight excluding hydrogens is 560 g/mol. The van der Waals surface area contributed by atoms with Gasteiger partial charge in [0.15, 0.2) is 5.75 Å². The summed E-state index contributed by atoms with van der Waals surface area (Å²) in [5, 5.41) is 2.49. The van der Waals surface area contributed by atoms with E-state index in [1.807, 2.05) is 0 Å². The summed E-state index contributed by atoms with van der Waals surface area (Å²) in [6.45, 7) is 1.77. The molecule has 0 atom stereocenters. The zero-order valence-corrected chi connectivity index (χ0v) is 21.1. The fraction of sp³-hybridized carbons (Fsp3) is 0.0417. The number of benzene rings is 3. The van der Waals surface area contributed by atoms with E-state index in [1.165, 1.54) is 42.5 Å². The molecule has 1 heterocycles. The van der Waals surface area contributed by atoms with E-state index in [2.05, 4.69) is 21.2 Å². The molecular formula is C24H16BrClN2O6S.